The molecule has 38 heavy (non-hydrogen) atoms. The number of ketones is 2. The van der Waals surface area contributed by atoms with Crippen LogP contribution in [-0.4, -0.2) is 40.4 Å². The van der Waals surface area contributed by atoms with Crippen LogP contribution in [0.15, 0.2) is 103 Å². The number of benzene rings is 3. The number of fused-ring (bicyclic) bond motifs is 3. The molecule has 0 radical (unpaired) electrons. The molecule has 0 N–H and O–H groups in total. The first-order valence-electron chi connectivity index (χ1n) is 12.4. The van der Waals surface area contributed by atoms with E-state index in [9.17, 15) is 19.2 Å². The van der Waals surface area contributed by atoms with Crippen molar-refractivity contribution < 1.29 is 19.2 Å². The van der Waals surface area contributed by atoms with Gasteiger partial charge in [-0.3, -0.25) is 19.2 Å². The van der Waals surface area contributed by atoms with Gasteiger partial charge in [-0.25, -0.2) is 4.90 Å². The summed E-state index contributed by atoms with van der Waals surface area (Å²) in [5.41, 5.74) is 2.82. The van der Waals surface area contributed by atoms with Crippen LogP contribution >= 0.6 is 11.6 Å². The van der Waals surface area contributed by atoms with E-state index in [1.807, 2.05) is 25.1 Å². The Bertz CT molecular complexity index is 1530. The van der Waals surface area contributed by atoms with Gasteiger partial charge in [-0.05, 0) is 49.4 Å². The van der Waals surface area contributed by atoms with Gasteiger partial charge < -0.3 is 4.90 Å². The van der Waals surface area contributed by atoms with E-state index in [4.69, 9.17) is 11.6 Å². The fraction of sp³-hybridized carbons (Fsp3) is 0.161. The fourth-order valence-electron chi connectivity index (χ4n) is 5.69. The fourth-order valence-corrected chi connectivity index (χ4v) is 5.81. The number of halogens is 1. The Morgan fingerprint density at radius 2 is 1.45 bits per heavy atom. The van der Waals surface area contributed by atoms with Crippen LogP contribution in [0.1, 0.15) is 26.3 Å². The standard InChI is InChI=1S/C31H23ClN2O4/c1-18-7-13-23(14-8-18)34-30(37)25-24-17-21(28(35)19-5-3-2-4-6-19)15-16-33(24)27(26(25)31(34)38)29(36)20-9-11-22(32)12-10-20/h2-17,24-27H,1H3/t24-,25+,26+,27-/m1/s1. The molecule has 6 rings (SSSR count). The first-order chi connectivity index (χ1) is 18.3. The van der Waals surface area contributed by atoms with Crippen LogP contribution in [0.4, 0.5) is 5.69 Å². The van der Waals surface area contributed by atoms with Crippen molar-refractivity contribution in [3.8, 4) is 0 Å². The van der Waals surface area contributed by atoms with Crippen LogP contribution in [0.2, 0.25) is 5.02 Å². The second-order valence-corrected chi connectivity index (χ2v) is 10.2. The Balaban J connectivity index is 1.43. The van der Waals surface area contributed by atoms with Crippen molar-refractivity contribution in [2.45, 2.75) is 19.0 Å². The molecule has 3 aliphatic heterocycles. The number of hydrogen-bond donors (Lipinski definition) is 0. The molecule has 0 unspecified atom stereocenters. The molecule has 0 saturated carbocycles. The van der Waals surface area contributed by atoms with E-state index in [0.29, 0.717) is 27.4 Å². The zero-order valence-electron chi connectivity index (χ0n) is 20.5. The largest absolute Gasteiger partial charge is 0.359 e. The lowest BCUT2D eigenvalue weighted by Crippen LogP contribution is -2.46. The monoisotopic (exact) mass is 522 g/mol. The van der Waals surface area contributed by atoms with Gasteiger partial charge >= 0.3 is 0 Å². The highest BCUT2D eigenvalue weighted by atomic mass is 35.5. The summed E-state index contributed by atoms with van der Waals surface area (Å²) in [7, 11) is 0. The summed E-state index contributed by atoms with van der Waals surface area (Å²) in [6.07, 6.45) is 5.06. The summed E-state index contributed by atoms with van der Waals surface area (Å²) in [5, 5.41) is 0.492. The van der Waals surface area contributed by atoms with Gasteiger partial charge in [-0.15, -0.1) is 0 Å². The van der Waals surface area contributed by atoms with Crippen molar-refractivity contribution in [2.75, 3.05) is 4.90 Å². The first-order valence-corrected chi connectivity index (χ1v) is 12.7. The van der Waals surface area contributed by atoms with E-state index in [1.165, 1.54) is 4.90 Å². The van der Waals surface area contributed by atoms with Crippen molar-refractivity contribution in [1.82, 2.24) is 4.90 Å². The maximum atomic E-state index is 13.9. The summed E-state index contributed by atoms with van der Waals surface area (Å²) in [5.74, 6) is -2.95. The van der Waals surface area contributed by atoms with Crippen LogP contribution in [0.5, 0.6) is 0 Å². The smallest absolute Gasteiger partial charge is 0.240 e. The minimum absolute atomic E-state index is 0.183. The number of anilines is 1. The van der Waals surface area contributed by atoms with E-state index < -0.39 is 29.8 Å². The van der Waals surface area contributed by atoms with Crippen molar-refractivity contribution >= 4 is 40.7 Å². The van der Waals surface area contributed by atoms with Gasteiger partial charge in [-0.2, -0.15) is 0 Å². The number of carbonyl (C=O) groups excluding carboxylic acids is 4. The Morgan fingerprint density at radius 3 is 2.13 bits per heavy atom. The summed E-state index contributed by atoms with van der Waals surface area (Å²) in [6, 6.07) is 21.0. The second kappa shape index (κ2) is 9.23. The van der Waals surface area contributed by atoms with Crippen molar-refractivity contribution in [2.24, 2.45) is 11.8 Å². The van der Waals surface area contributed by atoms with Crippen LogP contribution < -0.4 is 4.90 Å². The van der Waals surface area contributed by atoms with Gasteiger partial charge in [0, 0.05) is 27.9 Å². The molecule has 3 heterocycles. The van der Waals surface area contributed by atoms with Crippen LogP contribution in [0.3, 0.4) is 0 Å². The normalized spacial score (nSPS) is 23.8. The van der Waals surface area contributed by atoms with Crippen molar-refractivity contribution in [1.29, 1.82) is 0 Å². The first kappa shape index (κ1) is 24.1. The van der Waals surface area contributed by atoms with Crippen molar-refractivity contribution in [3.05, 3.63) is 125 Å². The van der Waals surface area contributed by atoms with Crippen LogP contribution in [0, 0.1) is 18.8 Å². The number of carbonyl (C=O) groups is 4. The van der Waals surface area contributed by atoms with Crippen LogP contribution in [0.25, 0.3) is 0 Å². The topological polar surface area (TPSA) is 74.8 Å². The van der Waals surface area contributed by atoms with Gasteiger partial charge in [-0.1, -0.05) is 65.7 Å². The zero-order valence-corrected chi connectivity index (χ0v) is 21.2. The van der Waals surface area contributed by atoms with E-state index in [-0.39, 0.29) is 17.5 Å². The van der Waals surface area contributed by atoms with Gasteiger partial charge in [0.1, 0.15) is 6.04 Å². The second-order valence-electron chi connectivity index (χ2n) is 9.79. The molecule has 2 saturated heterocycles. The number of hydrogen-bond acceptors (Lipinski definition) is 5. The highest BCUT2D eigenvalue weighted by Gasteiger charge is 2.63. The molecule has 3 aromatic carbocycles. The molecular weight excluding hydrogens is 500 g/mol. The Hall–Kier alpha value is -4.29. The molecule has 2 amide bonds. The Morgan fingerprint density at radius 1 is 0.789 bits per heavy atom. The lowest BCUT2D eigenvalue weighted by molar-refractivity contribution is -0.123. The maximum Gasteiger partial charge on any atom is 0.240 e. The molecule has 0 bridgehead atoms. The third-order valence-electron chi connectivity index (χ3n) is 7.54. The number of nitrogens with zero attached hydrogens (tertiary/aromatic N) is 2. The summed E-state index contributed by atoms with van der Waals surface area (Å²) < 4.78 is 0. The molecular formula is C31H23ClN2O4. The lowest BCUT2D eigenvalue weighted by atomic mass is 9.85. The van der Waals surface area contributed by atoms with E-state index in [0.717, 1.165) is 5.56 Å². The third-order valence-corrected chi connectivity index (χ3v) is 7.79. The summed E-state index contributed by atoms with van der Waals surface area (Å²) >= 11 is 6.03. The highest BCUT2D eigenvalue weighted by Crippen LogP contribution is 2.47. The zero-order chi connectivity index (χ0) is 26.6. The minimum Gasteiger partial charge on any atom is -0.359 e. The molecule has 3 aliphatic rings. The minimum atomic E-state index is -0.904. The summed E-state index contributed by atoms with van der Waals surface area (Å²) in [4.78, 5) is 57.7. The number of amides is 2. The molecule has 0 aromatic heterocycles. The SMILES string of the molecule is Cc1ccc(N2C(=O)[C@@H]3[C@H](C2=O)[C@H](C(=O)c2ccc(Cl)cc2)N2C=CC(C(=O)c4ccccc4)=C[C@H]32)cc1. The van der Waals surface area contributed by atoms with Gasteiger partial charge in [0.25, 0.3) is 0 Å². The number of allylic oxidation sites excluding steroid dienone is 2. The van der Waals surface area contributed by atoms with E-state index >= 15 is 0 Å². The van der Waals surface area contributed by atoms with Gasteiger partial charge in [0.05, 0.1) is 23.6 Å². The van der Waals surface area contributed by atoms with Gasteiger partial charge in [0.15, 0.2) is 11.6 Å². The molecule has 3 aromatic rings. The molecule has 7 heteroatoms. The number of rotatable bonds is 5. The maximum absolute atomic E-state index is 13.9. The third kappa shape index (κ3) is 3.80. The average Bonchev–Trinajstić information content (AvgIpc) is 3.41. The molecule has 0 spiro atoms. The molecule has 4 atom stereocenters. The quantitative estimate of drug-likeness (QED) is 0.347. The Kier molecular flexibility index (Phi) is 5.84. The van der Waals surface area contributed by atoms with Crippen LogP contribution in [-0.2, 0) is 9.59 Å². The number of imide groups is 1. The van der Waals surface area contributed by atoms with E-state index in [2.05, 4.69) is 0 Å². The highest BCUT2D eigenvalue weighted by molar-refractivity contribution is 6.30. The van der Waals surface area contributed by atoms with Crippen molar-refractivity contribution in [3.63, 3.8) is 0 Å². The predicted molar refractivity (Wildman–Crippen MR) is 144 cm³/mol. The summed E-state index contributed by atoms with van der Waals surface area (Å²) in [6.45, 7) is 1.93. The lowest BCUT2D eigenvalue weighted by Gasteiger charge is -2.32. The molecule has 188 valence electrons. The number of Topliss-reactive ketones (excluding diaryl/α,β-unsaturated/α-hetero) is 2. The molecule has 6 nitrogen and oxygen atoms in total. The van der Waals surface area contributed by atoms with Gasteiger partial charge in [0.2, 0.25) is 11.8 Å². The molecule has 2 fully saturated rings. The average molecular weight is 523 g/mol. The van der Waals surface area contributed by atoms with E-state index in [1.54, 1.807) is 83.9 Å². The number of aryl methyl sites for hydroxylation is 1. The molecule has 0 aliphatic carbocycles. The predicted octanol–water partition coefficient (Wildman–Crippen LogP) is 5.03. The Labute approximate surface area is 224 Å².